The van der Waals surface area contributed by atoms with Crippen molar-refractivity contribution in [3.05, 3.63) is 47.1 Å². The fourth-order valence-corrected chi connectivity index (χ4v) is 3.16. The minimum Gasteiger partial charge on any atom is -0.369 e. The Labute approximate surface area is 123 Å². The predicted octanol–water partition coefficient (Wildman–Crippen LogP) is 2.17. The van der Waals surface area contributed by atoms with Gasteiger partial charge in [0.15, 0.2) is 12.0 Å². The van der Waals surface area contributed by atoms with Crippen molar-refractivity contribution in [1.82, 2.24) is 15.3 Å². The topological polar surface area (TPSA) is 87.1 Å². The number of hydrogen-bond acceptors (Lipinski definition) is 6. The van der Waals surface area contributed by atoms with E-state index in [4.69, 9.17) is 0 Å². The highest BCUT2D eigenvalue weighted by atomic mass is 32.1. The lowest BCUT2D eigenvalue weighted by atomic mass is 10.1. The molecule has 0 bridgehead atoms. The van der Waals surface area contributed by atoms with Gasteiger partial charge in [0.2, 0.25) is 0 Å². The molecule has 1 amide bonds. The Balaban J connectivity index is 1.74. The molecule has 6 nitrogen and oxygen atoms in total. The summed E-state index contributed by atoms with van der Waals surface area (Å²) >= 11 is 1.56. The molecule has 3 N–H and O–H groups in total. The van der Waals surface area contributed by atoms with Crippen LogP contribution in [-0.4, -0.2) is 21.0 Å². The second kappa shape index (κ2) is 4.51. The summed E-state index contributed by atoms with van der Waals surface area (Å²) in [4.78, 5) is 20.0. The van der Waals surface area contributed by atoms with Crippen LogP contribution in [0.3, 0.4) is 0 Å². The molecular formula is C14H10N4O2S. The Bertz CT molecular complexity index is 861. The lowest BCUT2D eigenvalue weighted by Crippen LogP contribution is -2.17. The number of carbonyl (C=O) groups is 1. The van der Waals surface area contributed by atoms with Crippen LogP contribution in [0.5, 0.6) is 0 Å². The lowest BCUT2D eigenvalue weighted by Gasteiger charge is -2.08. The van der Waals surface area contributed by atoms with Crippen molar-refractivity contribution in [3.8, 4) is 0 Å². The molecule has 1 aromatic carbocycles. The van der Waals surface area contributed by atoms with Crippen LogP contribution >= 0.6 is 11.3 Å². The van der Waals surface area contributed by atoms with Gasteiger partial charge in [-0.25, -0.2) is 9.97 Å². The van der Waals surface area contributed by atoms with E-state index >= 15 is 0 Å². The molecule has 1 atom stereocenters. The van der Waals surface area contributed by atoms with E-state index in [0.29, 0.717) is 16.9 Å². The smallest absolute Gasteiger partial charge is 0.253 e. The molecular weight excluding hydrogens is 288 g/mol. The van der Waals surface area contributed by atoms with Gasteiger partial charge in [-0.05, 0) is 29.6 Å². The van der Waals surface area contributed by atoms with E-state index in [1.165, 1.54) is 6.33 Å². The Kier molecular flexibility index (Phi) is 2.63. The molecule has 7 heteroatoms. The maximum absolute atomic E-state index is 11.6. The average Bonchev–Trinajstić information content (AvgIpc) is 3.06. The molecule has 3 heterocycles. The van der Waals surface area contributed by atoms with Crippen molar-refractivity contribution in [2.24, 2.45) is 0 Å². The van der Waals surface area contributed by atoms with E-state index in [0.717, 1.165) is 15.9 Å². The molecule has 0 saturated carbocycles. The minimum absolute atomic E-state index is 0.258. The summed E-state index contributed by atoms with van der Waals surface area (Å²) < 4.78 is 0.966. The van der Waals surface area contributed by atoms with Crippen LogP contribution in [0.15, 0.2) is 36.0 Å². The van der Waals surface area contributed by atoms with E-state index < -0.39 is 6.23 Å². The number of anilines is 2. The summed E-state index contributed by atoms with van der Waals surface area (Å²) in [5.74, 6) is 0.452. The van der Waals surface area contributed by atoms with Crippen LogP contribution in [0.2, 0.25) is 0 Å². The highest BCUT2D eigenvalue weighted by Gasteiger charge is 2.26. The van der Waals surface area contributed by atoms with Crippen LogP contribution in [0, 0.1) is 0 Å². The summed E-state index contributed by atoms with van der Waals surface area (Å²) in [6.07, 6.45) is 0.548. The molecule has 3 aromatic rings. The largest absolute Gasteiger partial charge is 0.369 e. The molecule has 104 valence electrons. The third-order valence-corrected chi connectivity index (χ3v) is 4.27. The number of thiophene rings is 1. The van der Waals surface area contributed by atoms with Crippen LogP contribution in [0.25, 0.3) is 10.2 Å². The Morgan fingerprint density at radius 2 is 2.19 bits per heavy atom. The summed E-state index contributed by atoms with van der Waals surface area (Å²) in [6, 6.07) is 7.16. The number of aliphatic hydroxyl groups excluding tert-OH is 1. The summed E-state index contributed by atoms with van der Waals surface area (Å²) in [5, 5.41) is 17.4. The SMILES string of the molecule is O=C1NC(O)c2cc(Nc3ncnc4ccsc34)ccc21. The van der Waals surface area contributed by atoms with E-state index in [1.807, 2.05) is 11.4 Å². The first-order chi connectivity index (χ1) is 10.2. The number of nitrogens with zero attached hydrogens (tertiary/aromatic N) is 2. The average molecular weight is 298 g/mol. The number of carbonyl (C=O) groups excluding carboxylic acids is 1. The molecule has 0 saturated heterocycles. The molecule has 0 fully saturated rings. The molecule has 21 heavy (non-hydrogen) atoms. The quantitative estimate of drug-likeness (QED) is 0.675. The van der Waals surface area contributed by atoms with Crippen molar-refractivity contribution in [2.75, 3.05) is 5.32 Å². The molecule has 1 aliphatic rings. The maximum Gasteiger partial charge on any atom is 0.253 e. The third-order valence-electron chi connectivity index (χ3n) is 3.36. The molecule has 0 radical (unpaired) electrons. The molecule has 0 spiro atoms. The van der Waals surface area contributed by atoms with Gasteiger partial charge < -0.3 is 15.7 Å². The van der Waals surface area contributed by atoms with Gasteiger partial charge in [0.05, 0.1) is 10.2 Å². The first-order valence-corrected chi connectivity index (χ1v) is 7.18. The second-order valence-corrected chi connectivity index (χ2v) is 5.58. The zero-order valence-electron chi connectivity index (χ0n) is 10.7. The molecule has 1 unspecified atom stereocenters. The van der Waals surface area contributed by atoms with Gasteiger partial charge in [0, 0.05) is 16.8 Å². The van der Waals surface area contributed by atoms with Crippen molar-refractivity contribution < 1.29 is 9.90 Å². The van der Waals surface area contributed by atoms with Gasteiger partial charge in [-0.3, -0.25) is 4.79 Å². The molecule has 4 rings (SSSR count). The van der Waals surface area contributed by atoms with Crippen LogP contribution < -0.4 is 10.6 Å². The fraction of sp³-hybridized carbons (Fsp3) is 0.0714. The van der Waals surface area contributed by atoms with E-state index in [2.05, 4.69) is 20.6 Å². The zero-order valence-corrected chi connectivity index (χ0v) is 11.5. The van der Waals surface area contributed by atoms with Gasteiger partial charge in [-0.15, -0.1) is 11.3 Å². The minimum atomic E-state index is -0.957. The van der Waals surface area contributed by atoms with Crippen LogP contribution in [-0.2, 0) is 0 Å². The molecule has 1 aliphatic heterocycles. The van der Waals surface area contributed by atoms with Gasteiger partial charge in [0.1, 0.15) is 6.33 Å². The van der Waals surface area contributed by atoms with Crippen molar-refractivity contribution in [1.29, 1.82) is 0 Å². The molecule has 0 aliphatic carbocycles. The summed E-state index contributed by atoms with van der Waals surface area (Å²) in [6.45, 7) is 0. The monoisotopic (exact) mass is 298 g/mol. The van der Waals surface area contributed by atoms with Crippen molar-refractivity contribution in [3.63, 3.8) is 0 Å². The van der Waals surface area contributed by atoms with Gasteiger partial charge in [-0.1, -0.05) is 0 Å². The van der Waals surface area contributed by atoms with Crippen LogP contribution in [0.1, 0.15) is 22.1 Å². The van der Waals surface area contributed by atoms with Crippen molar-refractivity contribution in [2.45, 2.75) is 6.23 Å². The first-order valence-electron chi connectivity index (χ1n) is 6.30. The predicted molar refractivity (Wildman–Crippen MR) is 79.6 cm³/mol. The highest BCUT2D eigenvalue weighted by Crippen LogP contribution is 2.30. The molecule has 2 aromatic heterocycles. The number of aliphatic hydroxyl groups is 1. The fourth-order valence-electron chi connectivity index (χ4n) is 2.37. The van der Waals surface area contributed by atoms with E-state index in [9.17, 15) is 9.90 Å². The number of hydrogen-bond donors (Lipinski definition) is 3. The standard InChI is InChI=1S/C14H10N4O2S/c19-13-8-2-1-7(5-9(8)14(20)18-13)17-12-11-10(3-4-21-11)15-6-16-12/h1-6,14,20H,(H,18,19)(H,15,16,17). The van der Waals surface area contributed by atoms with Gasteiger partial charge >= 0.3 is 0 Å². The number of nitrogens with one attached hydrogen (secondary N) is 2. The zero-order chi connectivity index (χ0) is 14.4. The normalized spacial score (nSPS) is 16.8. The number of benzene rings is 1. The Hall–Kier alpha value is -2.51. The van der Waals surface area contributed by atoms with Crippen molar-refractivity contribution >= 4 is 39.0 Å². The summed E-state index contributed by atoms with van der Waals surface area (Å²) in [7, 11) is 0. The number of fused-ring (bicyclic) bond motifs is 2. The third kappa shape index (κ3) is 1.94. The maximum atomic E-state index is 11.6. The van der Waals surface area contributed by atoms with Gasteiger partial charge in [0.25, 0.3) is 5.91 Å². The summed E-state index contributed by atoms with van der Waals surface area (Å²) in [5.41, 5.74) is 2.71. The van der Waals surface area contributed by atoms with Crippen LogP contribution in [0.4, 0.5) is 11.5 Å². The van der Waals surface area contributed by atoms with Gasteiger partial charge in [-0.2, -0.15) is 0 Å². The number of amides is 1. The highest BCUT2D eigenvalue weighted by molar-refractivity contribution is 7.17. The van der Waals surface area contributed by atoms with E-state index in [1.54, 1.807) is 29.5 Å². The van der Waals surface area contributed by atoms with E-state index in [-0.39, 0.29) is 5.91 Å². The lowest BCUT2D eigenvalue weighted by molar-refractivity contribution is 0.0850. The number of rotatable bonds is 2. The first kappa shape index (κ1) is 12.2. The number of aromatic nitrogens is 2. The Morgan fingerprint density at radius 1 is 1.29 bits per heavy atom. The Morgan fingerprint density at radius 3 is 3.10 bits per heavy atom. The second-order valence-electron chi connectivity index (χ2n) is 4.66.